The molecule has 2 amide bonds. The summed E-state index contributed by atoms with van der Waals surface area (Å²) in [6.07, 6.45) is 0. The number of carbonyl (C=O) groups is 4. The van der Waals surface area contributed by atoms with Crippen LogP contribution in [0.2, 0.25) is 5.02 Å². The van der Waals surface area contributed by atoms with Crippen LogP contribution in [0.15, 0.2) is 18.2 Å². The van der Waals surface area contributed by atoms with Gasteiger partial charge in [-0.3, -0.25) is 9.59 Å². The SMILES string of the molecule is O=C(O)C(C(=O)O)N1C(=O)c2ccc(Cl)cc2C1=O. The lowest BCUT2D eigenvalue weighted by atomic mass is 10.1. The average molecular weight is 284 g/mol. The van der Waals surface area contributed by atoms with Crippen LogP contribution in [0.5, 0.6) is 0 Å². The van der Waals surface area contributed by atoms with E-state index in [1.807, 2.05) is 0 Å². The van der Waals surface area contributed by atoms with E-state index in [1.54, 1.807) is 0 Å². The molecule has 2 rings (SSSR count). The van der Waals surface area contributed by atoms with Gasteiger partial charge in [0, 0.05) is 5.02 Å². The maximum absolute atomic E-state index is 11.9. The molecule has 0 saturated heterocycles. The summed E-state index contributed by atoms with van der Waals surface area (Å²) in [6, 6.07) is 1.54. The van der Waals surface area contributed by atoms with Gasteiger partial charge in [0.25, 0.3) is 11.8 Å². The molecule has 1 heterocycles. The third-order valence-electron chi connectivity index (χ3n) is 2.61. The lowest BCUT2D eigenvalue weighted by Gasteiger charge is -2.18. The molecule has 0 atom stereocenters. The van der Waals surface area contributed by atoms with E-state index in [9.17, 15) is 19.2 Å². The van der Waals surface area contributed by atoms with Crippen molar-refractivity contribution in [2.24, 2.45) is 0 Å². The smallest absolute Gasteiger partial charge is 0.338 e. The van der Waals surface area contributed by atoms with E-state index in [1.165, 1.54) is 18.2 Å². The van der Waals surface area contributed by atoms with Crippen LogP contribution in [0.4, 0.5) is 0 Å². The molecule has 1 aliphatic rings. The largest absolute Gasteiger partial charge is 0.479 e. The molecule has 1 aliphatic heterocycles. The predicted molar refractivity (Wildman–Crippen MR) is 61.0 cm³/mol. The van der Waals surface area contributed by atoms with E-state index in [0.717, 1.165) is 0 Å². The second-order valence-corrected chi connectivity index (χ2v) is 4.19. The van der Waals surface area contributed by atoms with Gasteiger partial charge in [-0.1, -0.05) is 11.6 Å². The van der Waals surface area contributed by atoms with Gasteiger partial charge in [-0.15, -0.1) is 0 Å². The Bertz CT molecular complexity index is 612. The number of nitrogens with zero attached hydrogens (tertiary/aromatic N) is 1. The Hall–Kier alpha value is -2.41. The van der Waals surface area contributed by atoms with Crippen molar-refractivity contribution in [2.45, 2.75) is 6.04 Å². The minimum atomic E-state index is -2.26. The predicted octanol–water partition coefficient (Wildman–Crippen LogP) is 0.474. The molecule has 0 radical (unpaired) electrons. The summed E-state index contributed by atoms with van der Waals surface area (Å²) >= 11 is 5.67. The molecule has 19 heavy (non-hydrogen) atoms. The van der Waals surface area contributed by atoms with E-state index in [2.05, 4.69) is 0 Å². The highest BCUT2D eigenvalue weighted by atomic mass is 35.5. The molecule has 0 unspecified atom stereocenters. The summed E-state index contributed by atoms with van der Waals surface area (Å²) < 4.78 is 0. The van der Waals surface area contributed by atoms with Crippen LogP contribution in [0.25, 0.3) is 0 Å². The normalized spacial score (nSPS) is 13.9. The Kier molecular flexibility index (Phi) is 2.99. The molecule has 1 aromatic rings. The van der Waals surface area contributed by atoms with E-state index >= 15 is 0 Å². The van der Waals surface area contributed by atoms with Gasteiger partial charge >= 0.3 is 11.9 Å². The van der Waals surface area contributed by atoms with Gasteiger partial charge < -0.3 is 10.2 Å². The summed E-state index contributed by atoms with van der Waals surface area (Å²) in [7, 11) is 0. The molecule has 0 aliphatic carbocycles. The van der Waals surface area contributed by atoms with Crippen molar-refractivity contribution in [3.63, 3.8) is 0 Å². The van der Waals surface area contributed by atoms with Crippen LogP contribution in [0, 0.1) is 0 Å². The summed E-state index contributed by atoms with van der Waals surface area (Å²) in [5.41, 5.74) is -0.174. The van der Waals surface area contributed by atoms with Crippen molar-refractivity contribution in [1.29, 1.82) is 0 Å². The van der Waals surface area contributed by atoms with Gasteiger partial charge in [0.1, 0.15) is 0 Å². The standard InChI is InChI=1S/C11H6ClNO6/c12-4-1-2-5-6(3-4)9(15)13(8(5)14)7(10(16)17)11(18)19/h1-3,7H,(H,16,17)(H,18,19). The quantitative estimate of drug-likeness (QED) is 0.616. The van der Waals surface area contributed by atoms with Gasteiger partial charge in [0.15, 0.2) is 0 Å². The number of halogens is 1. The summed E-state index contributed by atoms with van der Waals surface area (Å²) in [5, 5.41) is 17.8. The number of fused-ring (bicyclic) bond motifs is 1. The van der Waals surface area contributed by atoms with Crippen LogP contribution in [0.3, 0.4) is 0 Å². The van der Waals surface area contributed by atoms with Crippen molar-refractivity contribution in [1.82, 2.24) is 4.90 Å². The molecule has 1 aromatic carbocycles. The summed E-state index contributed by atoms with van der Waals surface area (Å²) in [5.74, 6) is -5.55. The van der Waals surface area contributed by atoms with Gasteiger partial charge in [-0.25, -0.2) is 14.5 Å². The fourth-order valence-electron chi connectivity index (χ4n) is 1.79. The number of carboxylic acid groups (broad SMARTS) is 2. The number of hydrogen-bond donors (Lipinski definition) is 2. The number of imide groups is 1. The first-order chi connectivity index (χ1) is 8.84. The highest BCUT2D eigenvalue weighted by Crippen LogP contribution is 2.27. The van der Waals surface area contributed by atoms with Crippen molar-refractivity contribution in [3.8, 4) is 0 Å². The molecule has 98 valence electrons. The Morgan fingerprint density at radius 1 is 1.05 bits per heavy atom. The molecule has 0 spiro atoms. The highest BCUT2D eigenvalue weighted by Gasteiger charge is 2.46. The fourth-order valence-corrected chi connectivity index (χ4v) is 1.96. The Morgan fingerprint density at radius 2 is 1.58 bits per heavy atom. The summed E-state index contributed by atoms with van der Waals surface area (Å²) in [4.78, 5) is 45.8. The number of benzene rings is 1. The lowest BCUT2D eigenvalue weighted by molar-refractivity contribution is -0.154. The Balaban J connectivity index is 2.53. The molecule has 0 saturated carbocycles. The van der Waals surface area contributed by atoms with E-state index in [-0.39, 0.29) is 21.0 Å². The van der Waals surface area contributed by atoms with E-state index < -0.39 is 29.8 Å². The zero-order valence-electron chi connectivity index (χ0n) is 9.16. The average Bonchev–Trinajstić information content (AvgIpc) is 2.53. The zero-order chi connectivity index (χ0) is 14.3. The monoisotopic (exact) mass is 283 g/mol. The highest BCUT2D eigenvalue weighted by molar-refractivity contribution is 6.32. The number of hydrogen-bond acceptors (Lipinski definition) is 4. The van der Waals surface area contributed by atoms with E-state index in [4.69, 9.17) is 21.8 Å². The number of carboxylic acids is 2. The molecule has 0 bridgehead atoms. The number of rotatable bonds is 3. The zero-order valence-corrected chi connectivity index (χ0v) is 9.92. The molecule has 8 heteroatoms. The number of aliphatic carboxylic acids is 2. The van der Waals surface area contributed by atoms with Crippen molar-refractivity contribution < 1.29 is 29.4 Å². The van der Waals surface area contributed by atoms with E-state index in [0.29, 0.717) is 0 Å². The second kappa shape index (κ2) is 4.36. The molecule has 0 aromatic heterocycles. The maximum Gasteiger partial charge on any atom is 0.338 e. The molecular formula is C11H6ClNO6. The van der Waals surface area contributed by atoms with Crippen LogP contribution in [-0.4, -0.2) is 44.9 Å². The molecule has 2 N–H and O–H groups in total. The number of amides is 2. The third-order valence-corrected chi connectivity index (χ3v) is 2.84. The maximum atomic E-state index is 11.9. The van der Waals surface area contributed by atoms with Crippen molar-refractivity contribution >= 4 is 35.4 Å². The van der Waals surface area contributed by atoms with Crippen LogP contribution < -0.4 is 0 Å². The Morgan fingerprint density at radius 3 is 2.11 bits per heavy atom. The van der Waals surface area contributed by atoms with Gasteiger partial charge in [-0.2, -0.15) is 0 Å². The minimum absolute atomic E-state index is 0.0677. The van der Waals surface area contributed by atoms with Crippen molar-refractivity contribution in [2.75, 3.05) is 0 Å². The molecule has 0 fully saturated rings. The molecule has 7 nitrogen and oxygen atoms in total. The Labute approximate surface area is 111 Å². The molecular weight excluding hydrogens is 278 g/mol. The van der Waals surface area contributed by atoms with Gasteiger partial charge in [0.05, 0.1) is 11.1 Å². The second-order valence-electron chi connectivity index (χ2n) is 3.75. The van der Waals surface area contributed by atoms with Crippen LogP contribution in [0.1, 0.15) is 20.7 Å². The topological polar surface area (TPSA) is 112 Å². The summed E-state index contributed by atoms with van der Waals surface area (Å²) in [6.45, 7) is 0. The minimum Gasteiger partial charge on any atom is -0.479 e. The van der Waals surface area contributed by atoms with Crippen molar-refractivity contribution in [3.05, 3.63) is 34.3 Å². The van der Waals surface area contributed by atoms with Crippen LogP contribution >= 0.6 is 11.6 Å². The first-order valence-electron chi connectivity index (χ1n) is 4.97. The number of carbonyl (C=O) groups excluding carboxylic acids is 2. The third kappa shape index (κ3) is 1.93. The van der Waals surface area contributed by atoms with Gasteiger partial charge in [0.2, 0.25) is 6.04 Å². The van der Waals surface area contributed by atoms with Gasteiger partial charge in [-0.05, 0) is 18.2 Å². The van der Waals surface area contributed by atoms with Crippen LogP contribution in [-0.2, 0) is 9.59 Å². The first kappa shape index (κ1) is 13.0. The lowest BCUT2D eigenvalue weighted by Crippen LogP contribution is -2.49. The first-order valence-corrected chi connectivity index (χ1v) is 5.35. The fraction of sp³-hybridized carbons (Fsp3) is 0.0909.